The maximum Gasteiger partial charge on any atom is 0.142 e. The van der Waals surface area contributed by atoms with E-state index in [0.717, 1.165) is 23.6 Å². The second-order valence-electron chi connectivity index (χ2n) is 4.23. The molecule has 0 atom stereocenters. The summed E-state index contributed by atoms with van der Waals surface area (Å²) >= 11 is 6.01. The van der Waals surface area contributed by atoms with Crippen LogP contribution in [0.25, 0.3) is 0 Å². The number of hydrogen-bond acceptors (Lipinski definition) is 4. The number of ether oxygens (including phenoxy) is 1. The van der Waals surface area contributed by atoms with Crippen LogP contribution in [0, 0.1) is 0 Å². The van der Waals surface area contributed by atoms with E-state index in [2.05, 4.69) is 22.6 Å². The summed E-state index contributed by atoms with van der Waals surface area (Å²) in [4.78, 5) is 0. The summed E-state index contributed by atoms with van der Waals surface area (Å²) in [7, 11) is 1.84. The lowest BCUT2D eigenvalue weighted by Crippen LogP contribution is -2.04. The molecule has 1 aromatic heterocycles. The number of rotatable bonds is 6. The van der Waals surface area contributed by atoms with Gasteiger partial charge < -0.3 is 10.1 Å². The number of benzene rings is 1. The zero-order valence-corrected chi connectivity index (χ0v) is 11.8. The highest BCUT2D eigenvalue weighted by atomic mass is 35.5. The molecule has 1 aromatic carbocycles. The van der Waals surface area contributed by atoms with Crippen LogP contribution >= 0.6 is 11.6 Å². The molecule has 0 radical (unpaired) electrons. The van der Waals surface area contributed by atoms with E-state index < -0.39 is 0 Å². The third kappa shape index (κ3) is 3.86. The number of nitrogens with zero attached hydrogens (tertiary/aromatic N) is 3. The molecule has 0 bridgehead atoms. The van der Waals surface area contributed by atoms with Crippen LogP contribution in [0.15, 0.2) is 24.4 Å². The molecule has 102 valence electrons. The molecular weight excluding hydrogens is 264 g/mol. The molecule has 1 N–H and O–H groups in total. The van der Waals surface area contributed by atoms with E-state index in [-0.39, 0.29) is 0 Å². The highest BCUT2D eigenvalue weighted by molar-refractivity contribution is 6.30. The summed E-state index contributed by atoms with van der Waals surface area (Å²) < 4.78 is 7.34. The molecule has 5 nitrogen and oxygen atoms in total. The average Bonchev–Trinajstić information content (AvgIpc) is 2.81. The Morgan fingerprint density at radius 3 is 2.95 bits per heavy atom. The van der Waals surface area contributed by atoms with Gasteiger partial charge in [-0.15, -0.1) is 5.10 Å². The Morgan fingerprint density at radius 2 is 2.26 bits per heavy atom. The molecule has 0 unspecified atom stereocenters. The highest BCUT2D eigenvalue weighted by Gasteiger charge is 2.06. The summed E-state index contributed by atoms with van der Waals surface area (Å²) in [6, 6.07) is 5.54. The van der Waals surface area contributed by atoms with Gasteiger partial charge in [-0.05, 0) is 24.6 Å². The van der Waals surface area contributed by atoms with Crippen LogP contribution in [-0.2, 0) is 13.6 Å². The topological polar surface area (TPSA) is 52.0 Å². The SMILES string of the molecule is CCCOc1ccc(Cl)cc1NCc1cn(C)nn1. The number of nitrogens with one attached hydrogen (secondary N) is 1. The van der Waals surface area contributed by atoms with Gasteiger partial charge in [-0.3, -0.25) is 4.68 Å². The van der Waals surface area contributed by atoms with Crippen LogP contribution in [0.2, 0.25) is 5.02 Å². The summed E-state index contributed by atoms with van der Waals surface area (Å²) in [6.45, 7) is 3.33. The van der Waals surface area contributed by atoms with Crippen LogP contribution in [0.5, 0.6) is 5.75 Å². The zero-order valence-electron chi connectivity index (χ0n) is 11.1. The van der Waals surface area contributed by atoms with E-state index in [1.807, 2.05) is 31.4 Å². The Balaban J connectivity index is 2.06. The van der Waals surface area contributed by atoms with Crippen molar-refractivity contribution in [3.63, 3.8) is 0 Å². The lowest BCUT2D eigenvalue weighted by Gasteiger charge is -2.12. The number of aromatic nitrogens is 3. The van der Waals surface area contributed by atoms with Gasteiger partial charge in [0.2, 0.25) is 0 Å². The molecule has 1 heterocycles. The average molecular weight is 281 g/mol. The maximum atomic E-state index is 6.01. The van der Waals surface area contributed by atoms with Gasteiger partial charge in [0.15, 0.2) is 0 Å². The standard InChI is InChI=1S/C13H17ClN4O/c1-3-6-19-13-5-4-10(14)7-12(13)15-8-11-9-18(2)17-16-11/h4-5,7,9,15H,3,6,8H2,1-2H3. The molecular formula is C13H17ClN4O. The predicted molar refractivity (Wildman–Crippen MR) is 75.6 cm³/mol. The Hall–Kier alpha value is -1.75. The normalized spacial score (nSPS) is 10.5. The minimum Gasteiger partial charge on any atom is -0.491 e. The molecule has 0 saturated carbocycles. The second kappa shape index (κ2) is 6.43. The number of aryl methyl sites for hydroxylation is 1. The van der Waals surface area contributed by atoms with Gasteiger partial charge in [0, 0.05) is 18.3 Å². The van der Waals surface area contributed by atoms with Crippen LogP contribution in [0.4, 0.5) is 5.69 Å². The van der Waals surface area contributed by atoms with Crippen molar-refractivity contribution in [3.05, 3.63) is 35.1 Å². The van der Waals surface area contributed by atoms with E-state index >= 15 is 0 Å². The highest BCUT2D eigenvalue weighted by Crippen LogP contribution is 2.28. The molecule has 6 heteroatoms. The third-order valence-corrected chi connectivity index (χ3v) is 2.75. The van der Waals surface area contributed by atoms with E-state index in [9.17, 15) is 0 Å². The first-order valence-electron chi connectivity index (χ1n) is 6.20. The quantitative estimate of drug-likeness (QED) is 0.884. The first-order valence-corrected chi connectivity index (χ1v) is 6.58. The monoisotopic (exact) mass is 280 g/mol. The molecule has 19 heavy (non-hydrogen) atoms. The summed E-state index contributed by atoms with van der Waals surface area (Å²) in [6.07, 6.45) is 2.83. The van der Waals surface area contributed by atoms with Crippen LogP contribution < -0.4 is 10.1 Å². The molecule has 0 aliphatic rings. The Kier molecular flexibility index (Phi) is 4.63. The fourth-order valence-corrected chi connectivity index (χ4v) is 1.81. The van der Waals surface area contributed by atoms with E-state index in [4.69, 9.17) is 16.3 Å². The van der Waals surface area contributed by atoms with Crippen LogP contribution in [0.1, 0.15) is 19.0 Å². The number of anilines is 1. The van der Waals surface area contributed by atoms with E-state index in [0.29, 0.717) is 18.2 Å². The Labute approximate surface area is 117 Å². The molecule has 2 aromatic rings. The molecule has 2 rings (SSSR count). The fourth-order valence-electron chi connectivity index (χ4n) is 1.64. The third-order valence-electron chi connectivity index (χ3n) is 2.51. The van der Waals surface area contributed by atoms with E-state index in [1.165, 1.54) is 0 Å². The maximum absolute atomic E-state index is 6.01. The second-order valence-corrected chi connectivity index (χ2v) is 4.66. The molecule has 0 aliphatic carbocycles. The van der Waals surface area contributed by atoms with Gasteiger partial charge in [0.1, 0.15) is 11.4 Å². The van der Waals surface area contributed by atoms with Gasteiger partial charge in [-0.2, -0.15) is 0 Å². The fraction of sp³-hybridized carbons (Fsp3) is 0.385. The van der Waals surface area contributed by atoms with Crippen molar-refractivity contribution in [3.8, 4) is 5.75 Å². The zero-order chi connectivity index (χ0) is 13.7. The first-order chi connectivity index (χ1) is 9.19. The molecule has 0 amide bonds. The van der Waals surface area contributed by atoms with Gasteiger partial charge in [-0.25, -0.2) is 0 Å². The van der Waals surface area contributed by atoms with Crippen molar-refractivity contribution in [2.45, 2.75) is 19.9 Å². The van der Waals surface area contributed by atoms with Gasteiger partial charge in [0.05, 0.1) is 18.8 Å². The van der Waals surface area contributed by atoms with Crippen LogP contribution in [-0.4, -0.2) is 21.6 Å². The number of hydrogen-bond donors (Lipinski definition) is 1. The smallest absolute Gasteiger partial charge is 0.142 e. The van der Waals surface area contributed by atoms with Crippen molar-refractivity contribution in [2.24, 2.45) is 7.05 Å². The summed E-state index contributed by atoms with van der Waals surface area (Å²) in [5.41, 5.74) is 1.73. The van der Waals surface area contributed by atoms with Crippen molar-refractivity contribution in [1.29, 1.82) is 0 Å². The summed E-state index contributed by atoms with van der Waals surface area (Å²) in [5.74, 6) is 0.801. The van der Waals surface area contributed by atoms with Crippen molar-refractivity contribution >= 4 is 17.3 Å². The van der Waals surface area contributed by atoms with E-state index in [1.54, 1.807) is 4.68 Å². The lowest BCUT2D eigenvalue weighted by atomic mass is 10.3. The number of halogens is 1. The molecule has 0 fully saturated rings. The largest absolute Gasteiger partial charge is 0.491 e. The van der Waals surface area contributed by atoms with Crippen molar-refractivity contribution in [2.75, 3.05) is 11.9 Å². The van der Waals surface area contributed by atoms with Crippen molar-refractivity contribution < 1.29 is 4.74 Å². The lowest BCUT2D eigenvalue weighted by molar-refractivity contribution is 0.319. The summed E-state index contributed by atoms with van der Waals surface area (Å²) in [5, 5.41) is 11.8. The van der Waals surface area contributed by atoms with Gasteiger partial charge in [-0.1, -0.05) is 23.7 Å². The molecule has 0 spiro atoms. The minimum atomic E-state index is 0.580. The molecule has 0 aliphatic heterocycles. The minimum absolute atomic E-state index is 0.580. The Morgan fingerprint density at radius 1 is 1.42 bits per heavy atom. The Bertz CT molecular complexity index is 541. The van der Waals surface area contributed by atoms with Crippen molar-refractivity contribution in [1.82, 2.24) is 15.0 Å². The van der Waals surface area contributed by atoms with Gasteiger partial charge in [0.25, 0.3) is 0 Å². The van der Waals surface area contributed by atoms with Gasteiger partial charge >= 0.3 is 0 Å². The van der Waals surface area contributed by atoms with Crippen LogP contribution in [0.3, 0.4) is 0 Å². The predicted octanol–water partition coefficient (Wildman–Crippen LogP) is 2.87. The molecule has 0 saturated heterocycles. The first kappa shape index (κ1) is 13.7.